The van der Waals surface area contributed by atoms with Gasteiger partial charge in [0.05, 0.1) is 27.4 Å². The van der Waals surface area contributed by atoms with E-state index in [0.717, 1.165) is 4.70 Å². The van der Waals surface area contributed by atoms with Gasteiger partial charge in [0.25, 0.3) is 5.91 Å². The number of benzene rings is 2. The highest BCUT2D eigenvalue weighted by Crippen LogP contribution is 2.35. The maximum Gasteiger partial charge on any atom is 0.326 e. The standard InChI is InChI=1S/C20H16Cl2N2O5S/c1-2-27-18(25)10-24-14-8-15-16(29-6-5-28-15)9-17(14)30-20(24)23-19(26)12-4-3-11(21)7-13(12)22/h3-4,7-9H,2,5-6,10H2,1H3. The number of hydrogen-bond acceptors (Lipinski definition) is 6. The van der Waals surface area contributed by atoms with Crippen LogP contribution >= 0.6 is 34.5 Å². The maximum absolute atomic E-state index is 12.8. The lowest BCUT2D eigenvalue weighted by atomic mass is 10.2. The molecule has 1 aliphatic heterocycles. The molecule has 1 aliphatic rings. The first kappa shape index (κ1) is 20.7. The Balaban J connectivity index is 1.85. The van der Waals surface area contributed by atoms with E-state index < -0.39 is 11.9 Å². The van der Waals surface area contributed by atoms with Crippen molar-refractivity contribution in [3.8, 4) is 11.5 Å². The lowest BCUT2D eigenvalue weighted by molar-refractivity contribution is -0.143. The Bertz CT molecular complexity index is 1220. The van der Waals surface area contributed by atoms with Gasteiger partial charge < -0.3 is 18.8 Å². The van der Waals surface area contributed by atoms with Crippen molar-refractivity contribution in [2.75, 3.05) is 19.8 Å². The topological polar surface area (TPSA) is 79.1 Å². The maximum atomic E-state index is 12.8. The van der Waals surface area contributed by atoms with Gasteiger partial charge in [-0.15, -0.1) is 0 Å². The van der Waals surface area contributed by atoms with Crippen LogP contribution in [-0.2, 0) is 16.1 Å². The number of aromatic nitrogens is 1. The van der Waals surface area contributed by atoms with Crippen molar-refractivity contribution >= 4 is 56.6 Å². The molecule has 0 aliphatic carbocycles. The molecule has 0 bridgehead atoms. The summed E-state index contributed by atoms with van der Waals surface area (Å²) in [6, 6.07) is 8.15. The van der Waals surface area contributed by atoms with Crippen molar-refractivity contribution in [2.24, 2.45) is 4.99 Å². The van der Waals surface area contributed by atoms with Crippen LogP contribution in [0, 0.1) is 0 Å². The molecule has 2 heterocycles. The van der Waals surface area contributed by atoms with Gasteiger partial charge in [0, 0.05) is 17.2 Å². The van der Waals surface area contributed by atoms with E-state index in [4.69, 9.17) is 37.4 Å². The lowest BCUT2D eigenvalue weighted by Crippen LogP contribution is -2.23. The van der Waals surface area contributed by atoms with Crippen LogP contribution in [0.25, 0.3) is 10.2 Å². The third-order valence-electron chi connectivity index (χ3n) is 4.30. The van der Waals surface area contributed by atoms with Gasteiger partial charge in [-0.05, 0) is 25.1 Å². The Morgan fingerprint density at radius 3 is 2.60 bits per heavy atom. The number of thiazole rings is 1. The first-order valence-electron chi connectivity index (χ1n) is 9.09. The van der Waals surface area contributed by atoms with E-state index >= 15 is 0 Å². The van der Waals surface area contributed by atoms with Crippen molar-refractivity contribution in [3.05, 3.63) is 50.7 Å². The van der Waals surface area contributed by atoms with Crippen LogP contribution in [0.4, 0.5) is 0 Å². The van der Waals surface area contributed by atoms with E-state index in [2.05, 4.69) is 4.99 Å². The molecule has 10 heteroatoms. The number of hydrogen-bond donors (Lipinski definition) is 0. The van der Waals surface area contributed by atoms with Crippen molar-refractivity contribution in [1.82, 2.24) is 4.57 Å². The third kappa shape index (κ3) is 4.16. The number of fused-ring (bicyclic) bond motifs is 2. The minimum Gasteiger partial charge on any atom is -0.486 e. The number of ether oxygens (including phenoxy) is 3. The van der Waals surface area contributed by atoms with Crippen molar-refractivity contribution in [1.29, 1.82) is 0 Å². The predicted octanol–water partition coefficient (Wildman–Crippen LogP) is 4.09. The smallest absolute Gasteiger partial charge is 0.326 e. The molecular weight excluding hydrogens is 451 g/mol. The van der Waals surface area contributed by atoms with Crippen LogP contribution in [-0.4, -0.2) is 36.3 Å². The molecule has 0 spiro atoms. The Morgan fingerprint density at radius 1 is 1.17 bits per heavy atom. The summed E-state index contributed by atoms with van der Waals surface area (Å²) in [7, 11) is 0. The molecule has 4 rings (SSSR count). The van der Waals surface area contributed by atoms with Crippen LogP contribution in [0.15, 0.2) is 35.3 Å². The number of rotatable bonds is 4. The summed E-state index contributed by atoms with van der Waals surface area (Å²) < 4.78 is 18.8. The molecule has 3 aromatic rings. The van der Waals surface area contributed by atoms with Crippen LogP contribution in [0.1, 0.15) is 17.3 Å². The van der Waals surface area contributed by atoms with Crippen molar-refractivity contribution in [3.63, 3.8) is 0 Å². The minimum atomic E-state index is -0.543. The predicted molar refractivity (Wildman–Crippen MR) is 114 cm³/mol. The molecule has 1 amide bonds. The van der Waals surface area contributed by atoms with E-state index in [0.29, 0.717) is 40.1 Å². The van der Waals surface area contributed by atoms with Crippen LogP contribution in [0.5, 0.6) is 11.5 Å². The molecule has 0 N–H and O–H groups in total. The van der Waals surface area contributed by atoms with Gasteiger partial charge in [-0.3, -0.25) is 9.59 Å². The number of nitrogens with zero attached hydrogens (tertiary/aromatic N) is 2. The van der Waals surface area contributed by atoms with Crippen LogP contribution in [0.2, 0.25) is 10.0 Å². The minimum absolute atomic E-state index is 0.103. The molecule has 0 fully saturated rings. The summed E-state index contributed by atoms with van der Waals surface area (Å²) in [6.07, 6.45) is 0. The summed E-state index contributed by atoms with van der Waals surface area (Å²) >= 11 is 13.3. The van der Waals surface area contributed by atoms with E-state index in [1.54, 1.807) is 23.6 Å². The zero-order valence-electron chi connectivity index (χ0n) is 15.8. The molecule has 0 saturated carbocycles. The van der Waals surface area contributed by atoms with Gasteiger partial charge in [0.2, 0.25) is 0 Å². The number of esters is 1. The van der Waals surface area contributed by atoms with Gasteiger partial charge >= 0.3 is 5.97 Å². The summed E-state index contributed by atoms with van der Waals surface area (Å²) in [5.74, 6) is 0.197. The zero-order valence-corrected chi connectivity index (χ0v) is 18.1. The zero-order chi connectivity index (χ0) is 21.3. The monoisotopic (exact) mass is 466 g/mol. The molecule has 0 radical (unpaired) electrons. The molecule has 0 unspecified atom stereocenters. The summed E-state index contributed by atoms with van der Waals surface area (Å²) in [4.78, 5) is 29.5. The van der Waals surface area contributed by atoms with E-state index in [-0.39, 0.29) is 23.7 Å². The molecule has 2 aromatic carbocycles. The summed E-state index contributed by atoms with van der Waals surface area (Å²) in [5, 5.41) is 0.618. The Labute approximate surface area is 185 Å². The number of amides is 1. The quantitative estimate of drug-likeness (QED) is 0.541. The fraction of sp³-hybridized carbons (Fsp3) is 0.250. The number of carbonyl (C=O) groups is 2. The van der Waals surface area contributed by atoms with Crippen LogP contribution < -0.4 is 14.3 Å². The second-order valence-electron chi connectivity index (χ2n) is 6.28. The van der Waals surface area contributed by atoms with Gasteiger partial charge in [-0.25, -0.2) is 0 Å². The Hall–Kier alpha value is -2.55. The molecule has 156 valence electrons. The van der Waals surface area contributed by atoms with Crippen molar-refractivity contribution in [2.45, 2.75) is 13.5 Å². The molecule has 0 saturated heterocycles. The summed E-state index contributed by atoms with van der Waals surface area (Å²) in [6.45, 7) is 2.77. The largest absolute Gasteiger partial charge is 0.486 e. The van der Waals surface area contributed by atoms with E-state index in [1.165, 1.54) is 23.5 Å². The highest BCUT2D eigenvalue weighted by molar-refractivity contribution is 7.16. The van der Waals surface area contributed by atoms with Crippen molar-refractivity contribution < 1.29 is 23.8 Å². The molecule has 1 aromatic heterocycles. The first-order chi connectivity index (χ1) is 14.5. The Kier molecular flexibility index (Phi) is 5.99. The average Bonchev–Trinajstić information content (AvgIpc) is 3.02. The van der Waals surface area contributed by atoms with E-state index in [9.17, 15) is 9.59 Å². The van der Waals surface area contributed by atoms with E-state index in [1.807, 2.05) is 6.07 Å². The molecular formula is C20H16Cl2N2O5S. The fourth-order valence-corrected chi connectivity index (χ4v) is 4.52. The first-order valence-corrected chi connectivity index (χ1v) is 10.7. The summed E-state index contributed by atoms with van der Waals surface area (Å²) in [5.41, 5.74) is 0.901. The number of carbonyl (C=O) groups excluding carboxylic acids is 2. The fourth-order valence-electron chi connectivity index (χ4n) is 2.99. The van der Waals surface area contributed by atoms with Gasteiger partial charge in [0.1, 0.15) is 19.8 Å². The molecule has 7 nitrogen and oxygen atoms in total. The highest BCUT2D eigenvalue weighted by Gasteiger charge is 2.19. The number of halogens is 2. The normalized spacial score (nSPS) is 13.5. The highest BCUT2D eigenvalue weighted by atomic mass is 35.5. The second-order valence-corrected chi connectivity index (χ2v) is 8.13. The third-order valence-corrected chi connectivity index (χ3v) is 5.89. The van der Waals surface area contributed by atoms with Gasteiger partial charge in [0.15, 0.2) is 16.3 Å². The molecule has 30 heavy (non-hydrogen) atoms. The average molecular weight is 467 g/mol. The molecule has 0 atom stereocenters. The second kappa shape index (κ2) is 8.67. The lowest BCUT2D eigenvalue weighted by Gasteiger charge is -2.18. The SMILES string of the molecule is CCOC(=O)Cn1c(=NC(=O)c2ccc(Cl)cc2Cl)sc2cc3c(cc21)OCCO3. The van der Waals surface area contributed by atoms with Gasteiger partial charge in [-0.1, -0.05) is 34.5 Å². The Morgan fingerprint density at radius 2 is 1.90 bits per heavy atom. The van der Waals surface area contributed by atoms with Crippen LogP contribution in [0.3, 0.4) is 0 Å². The van der Waals surface area contributed by atoms with Gasteiger partial charge in [-0.2, -0.15) is 4.99 Å².